The molecule has 0 radical (unpaired) electrons. The summed E-state index contributed by atoms with van der Waals surface area (Å²) in [5, 5.41) is 0. The molecule has 0 atom stereocenters. The zero-order chi connectivity index (χ0) is 8.69. The van der Waals surface area contributed by atoms with Gasteiger partial charge in [0.1, 0.15) is 5.84 Å². The molecule has 0 rings (SSSR count). The number of rotatable bonds is 3. The molecule has 0 N–H and O–H groups in total. The Hall–Kier alpha value is -1.18. The zero-order valence-electron chi connectivity index (χ0n) is 7.12. The van der Waals surface area contributed by atoms with E-state index < -0.39 is 0 Å². The second-order valence-corrected chi connectivity index (χ2v) is 2.34. The third-order valence-corrected chi connectivity index (χ3v) is 1.05. The Bertz CT molecular complexity index is 188. The van der Waals surface area contributed by atoms with E-state index >= 15 is 0 Å². The van der Waals surface area contributed by atoms with Crippen LogP contribution in [0.3, 0.4) is 0 Å². The molecule has 0 aromatic rings. The fourth-order valence-corrected chi connectivity index (χ4v) is 0.554. The molecule has 60 valence electrons. The molecule has 0 aliphatic carbocycles. The molecule has 0 spiro atoms. The van der Waals surface area contributed by atoms with Gasteiger partial charge in [-0.2, -0.15) is 0 Å². The van der Waals surface area contributed by atoms with Crippen molar-refractivity contribution in [1.82, 2.24) is 0 Å². The minimum Gasteiger partial charge on any atom is -0.242 e. The average Bonchev–Trinajstić information content (AvgIpc) is 1.97. The summed E-state index contributed by atoms with van der Waals surface area (Å²) in [4.78, 5) is 8.06. The van der Waals surface area contributed by atoms with Crippen molar-refractivity contribution in [3.8, 4) is 0 Å². The minimum absolute atomic E-state index is 0.323. The maximum Gasteiger partial charge on any atom is 0.130 e. The molecule has 0 aromatic carbocycles. The topological polar surface area (TPSA) is 24.7 Å². The number of hydrogen-bond acceptors (Lipinski definition) is 1. The van der Waals surface area contributed by atoms with E-state index in [0.29, 0.717) is 5.92 Å². The van der Waals surface area contributed by atoms with Gasteiger partial charge in [-0.1, -0.05) is 33.1 Å². The predicted molar refractivity (Wildman–Crippen MR) is 51.2 cm³/mol. The molecule has 0 aliphatic heterocycles. The predicted octanol–water partition coefficient (Wildman–Crippen LogP) is 2.44. The van der Waals surface area contributed by atoms with E-state index in [9.17, 15) is 0 Å². The molecule has 0 saturated carbocycles. The van der Waals surface area contributed by atoms with E-state index in [2.05, 4.69) is 23.1 Å². The first kappa shape index (κ1) is 9.82. The van der Waals surface area contributed by atoms with Gasteiger partial charge in [-0.3, -0.25) is 0 Å². The van der Waals surface area contributed by atoms with Crippen LogP contribution in [0.4, 0.5) is 0 Å². The second kappa shape index (κ2) is 5.59. The standard InChI is InChI=1S/C9H14N2/c1-5-7-11-9(8(3)4)10-6-2/h5-8H,1-2H2,3-4H3/b10-9-,11-7-. The van der Waals surface area contributed by atoms with Gasteiger partial charge in [0.25, 0.3) is 0 Å². The van der Waals surface area contributed by atoms with Crippen LogP contribution in [0.5, 0.6) is 0 Å². The SMILES string of the molecule is C=C/C=N\C(=N/C=C)C(C)C. The van der Waals surface area contributed by atoms with E-state index in [-0.39, 0.29) is 0 Å². The molecule has 0 bridgehead atoms. The highest BCUT2D eigenvalue weighted by atomic mass is 14.9. The molecule has 11 heavy (non-hydrogen) atoms. The van der Waals surface area contributed by atoms with E-state index in [1.807, 2.05) is 13.8 Å². The number of nitrogens with zero attached hydrogens (tertiary/aromatic N) is 2. The molecule has 0 amide bonds. The van der Waals surface area contributed by atoms with Crippen molar-refractivity contribution >= 4 is 12.1 Å². The molecule has 0 unspecified atom stereocenters. The summed E-state index contributed by atoms with van der Waals surface area (Å²) in [7, 11) is 0. The molecule has 0 aliphatic rings. The molecule has 0 fully saturated rings. The smallest absolute Gasteiger partial charge is 0.130 e. The number of hydrogen-bond donors (Lipinski definition) is 0. The van der Waals surface area contributed by atoms with E-state index in [1.165, 1.54) is 6.20 Å². The summed E-state index contributed by atoms with van der Waals surface area (Å²) in [5.41, 5.74) is 0. The third kappa shape index (κ3) is 4.25. The summed E-state index contributed by atoms with van der Waals surface area (Å²) >= 11 is 0. The van der Waals surface area contributed by atoms with Crippen LogP contribution in [-0.4, -0.2) is 12.1 Å². The van der Waals surface area contributed by atoms with Crippen molar-refractivity contribution in [2.45, 2.75) is 13.8 Å². The quantitative estimate of drug-likeness (QED) is 0.436. The average molecular weight is 150 g/mol. The number of allylic oxidation sites excluding steroid dienone is 1. The van der Waals surface area contributed by atoms with Gasteiger partial charge in [-0.05, 0) is 0 Å². The lowest BCUT2D eigenvalue weighted by atomic mass is 10.2. The number of aliphatic imine (C=N–C) groups is 2. The highest BCUT2D eigenvalue weighted by molar-refractivity contribution is 5.93. The third-order valence-electron chi connectivity index (χ3n) is 1.05. The lowest BCUT2D eigenvalue weighted by Crippen LogP contribution is -2.03. The van der Waals surface area contributed by atoms with Gasteiger partial charge >= 0.3 is 0 Å². The van der Waals surface area contributed by atoms with Crippen LogP contribution < -0.4 is 0 Å². The van der Waals surface area contributed by atoms with Gasteiger partial charge in [0.05, 0.1) is 0 Å². The van der Waals surface area contributed by atoms with Crippen molar-refractivity contribution in [1.29, 1.82) is 0 Å². The van der Waals surface area contributed by atoms with Crippen LogP contribution in [0.25, 0.3) is 0 Å². The van der Waals surface area contributed by atoms with Crippen LogP contribution in [0.1, 0.15) is 13.8 Å². The molecule has 2 heteroatoms. The first-order valence-electron chi connectivity index (χ1n) is 3.56. The Morgan fingerprint density at radius 1 is 1.36 bits per heavy atom. The van der Waals surface area contributed by atoms with Crippen molar-refractivity contribution in [2.75, 3.05) is 0 Å². The Morgan fingerprint density at radius 3 is 2.36 bits per heavy atom. The summed E-state index contributed by atoms with van der Waals surface area (Å²) in [5.74, 6) is 1.10. The Balaban J connectivity index is 4.34. The minimum atomic E-state index is 0.323. The van der Waals surface area contributed by atoms with Crippen LogP contribution >= 0.6 is 0 Å². The van der Waals surface area contributed by atoms with Crippen LogP contribution in [0, 0.1) is 5.92 Å². The fourth-order valence-electron chi connectivity index (χ4n) is 0.554. The van der Waals surface area contributed by atoms with E-state index in [0.717, 1.165) is 5.84 Å². The van der Waals surface area contributed by atoms with Crippen LogP contribution in [-0.2, 0) is 0 Å². The van der Waals surface area contributed by atoms with Crippen molar-refractivity contribution in [3.05, 3.63) is 25.4 Å². The first-order valence-corrected chi connectivity index (χ1v) is 3.56. The number of amidine groups is 1. The molecule has 0 aromatic heterocycles. The van der Waals surface area contributed by atoms with Gasteiger partial charge in [-0.15, -0.1) is 0 Å². The fraction of sp³-hybridized carbons (Fsp3) is 0.333. The monoisotopic (exact) mass is 150 g/mol. The highest BCUT2D eigenvalue weighted by Crippen LogP contribution is 1.98. The Morgan fingerprint density at radius 2 is 2.00 bits per heavy atom. The molecule has 0 saturated heterocycles. The normalized spacial score (nSPS) is 12.5. The largest absolute Gasteiger partial charge is 0.242 e. The van der Waals surface area contributed by atoms with Crippen molar-refractivity contribution in [3.63, 3.8) is 0 Å². The Kier molecular flexibility index (Phi) is 4.99. The van der Waals surface area contributed by atoms with Crippen LogP contribution in [0.2, 0.25) is 0 Å². The molecular weight excluding hydrogens is 136 g/mol. The molecular formula is C9H14N2. The summed E-state index contributed by atoms with van der Waals surface area (Å²) in [6, 6.07) is 0. The second-order valence-electron chi connectivity index (χ2n) is 2.34. The summed E-state index contributed by atoms with van der Waals surface area (Å²) in [6.07, 6.45) is 4.75. The lowest BCUT2D eigenvalue weighted by molar-refractivity contribution is 0.873. The van der Waals surface area contributed by atoms with Gasteiger partial charge < -0.3 is 0 Å². The summed E-state index contributed by atoms with van der Waals surface area (Å²) < 4.78 is 0. The molecule has 0 heterocycles. The van der Waals surface area contributed by atoms with E-state index in [4.69, 9.17) is 0 Å². The van der Waals surface area contributed by atoms with Gasteiger partial charge in [-0.25, -0.2) is 9.98 Å². The maximum absolute atomic E-state index is 4.07. The zero-order valence-corrected chi connectivity index (χ0v) is 7.12. The molecule has 2 nitrogen and oxygen atoms in total. The van der Waals surface area contributed by atoms with Gasteiger partial charge in [0, 0.05) is 18.3 Å². The maximum atomic E-state index is 4.07. The Labute approximate surface area is 68.1 Å². The van der Waals surface area contributed by atoms with Crippen molar-refractivity contribution < 1.29 is 0 Å². The lowest BCUT2D eigenvalue weighted by Gasteiger charge is -2.00. The summed E-state index contributed by atoms with van der Waals surface area (Å²) in [6.45, 7) is 11.1. The first-order chi connectivity index (χ1) is 5.22. The van der Waals surface area contributed by atoms with Gasteiger partial charge in [0.2, 0.25) is 0 Å². The highest BCUT2D eigenvalue weighted by Gasteiger charge is 1.99. The van der Waals surface area contributed by atoms with Crippen molar-refractivity contribution in [2.24, 2.45) is 15.9 Å². The van der Waals surface area contributed by atoms with Gasteiger partial charge in [0.15, 0.2) is 0 Å². The van der Waals surface area contributed by atoms with E-state index in [1.54, 1.807) is 12.3 Å². The van der Waals surface area contributed by atoms with Crippen LogP contribution in [0.15, 0.2) is 35.4 Å².